The molecular formula is C25H26BrN7O2. The third-order valence-electron chi connectivity index (χ3n) is 6.12. The first-order valence-electron chi connectivity index (χ1n) is 11.5. The SMILES string of the molecule is Nc1cccc(NC(=O)N2CCCC(CNc3cc(-c4ccccc4O)nc4c(Br)cnn34)C2)c1. The summed E-state index contributed by atoms with van der Waals surface area (Å²) >= 11 is 3.51. The van der Waals surface area contributed by atoms with E-state index in [1.54, 1.807) is 35.0 Å². The third kappa shape index (κ3) is 5.02. The van der Waals surface area contributed by atoms with Crippen LogP contribution in [0.2, 0.25) is 0 Å². The van der Waals surface area contributed by atoms with Crippen molar-refractivity contribution in [1.29, 1.82) is 0 Å². The number of carbonyl (C=O) groups excluding carboxylic acids is 1. The van der Waals surface area contributed by atoms with E-state index in [4.69, 9.17) is 5.73 Å². The number of benzene rings is 2. The van der Waals surface area contributed by atoms with Gasteiger partial charge in [0.25, 0.3) is 0 Å². The summed E-state index contributed by atoms with van der Waals surface area (Å²) in [4.78, 5) is 19.3. The summed E-state index contributed by atoms with van der Waals surface area (Å²) in [6.07, 6.45) is 3.64. The number of nitrogens with one attached hydrogen (secondary N) is 2. The molecule has 5 N–H and O–H groups in total. The quantitative estimate of drug-likeness (QED) is 0.272. The molecule has 1 fully saturated rings. The molecule has 1 saturated heterocycles. The highest BCUT2D eigenvalue weighted by Gasteiger charge is 2.24. The minimum absolute atomic E-state index is 0.121. The van der Waals surface area contributed by atoms with E-state index in [1.165, 1.54) is 0 Å². The maximum absolute atomic E-state index is 12.8. The summed E-state index contributed by atoms with van der Waals surface area (Å²) in [5.41, 5.74) is 9.07. The predicted octanol–water partition coefficient (Wildman–Crippen LogP) is 4.80. The maximum atomic E-state index is 12.8. The minimum Gasteiger partial charge on any atom is -0.507 e. The topological polar surface area (TPSA) is 121 Å². The molecule has 4 aromatic rings. The van der Waals surface area contributed by atoms with Gasteiger partial charge in [-0.25, -0.2) is 9.78 Å². The second-order valence-corrected chi connectivity index (χ2v) is 9.52. The van der Waals surface area contributed by atoms with Crippen LogP contribution in [-0.4, -0.2) is 50.3 Å². The van der Waals surface area contributed by atoms with Crippen LogP contribution in [0.25, 0.3) is 16.9 Å². The fraction of sp³-hybridized carbons (Fsp3) is 0.240. The number of urea groups is 1. The van der Waals surface area contributed by atoms with Gasteiger partial charge in [-0.2, -0.15) is 9.61 Å². The van der Waals surface area contributed by atoms with Gasteiger partial charge in [-0.05, 0) is 65.0 Å². The van der Waals surface area contributed by atoms with Crippen LogP contribution >= 0.6 is 15.9 Å². The number of phenols is 1. The number of halogens is 1. The molecule has 180 valence electrons. The van der Waals surface area contributed by atoms with Crippen molar-refractivity contribution in [3.8, 4) is 17.0 Å². The largest absolute Gasteiger partial charge is 0.507 e. The van der Waals surface area contributed by atoms with Gasteiger partial charge in [0.05, 0.1) is 16.4 Å². The zero-order valence-electron chi connectivity index (χ0n) is 19.0. The Morgan fingerprint density at radius 3 is 2.89 bits per heavy atom. The van der Waals surface area contributed by atoms with Crippen molar-refractivity contribution in [3.05, 3.63) is 65.3 Å². The zero-order chi connectivity index (χ0) is 24.4. The van der Waals surface area contributed by atoms with Crippen LogP contribution in [-0.2, 0) is 0 Å². The van der Waals surface area contributed by atoms with Crippen LogP contribution in [0.1, 0.15) is 12.8 Å². The van der Waals surface area contributed by atoms with Crippen molar-refractivity contribution in [2.45, 2.75) is 12.8 Å². The van der Waals surface area contributed by atoms with Crippen LogP contribution in [0, 0.1) is 5.92 Å². The number of aromatic nitrogens is 3. The Balaban J connectivity index is 1.31. The van der Waals surface area contributed by atoms with Crippen LogP contribution in [0.15, 0.2) is 65.3 Å². The number of para-hydroxylation sites is 1. The number of piperidine rings is 1. The molecule has 10 heteroatoms. The number of hydrogen-bond donors (Lipinski definition) is 4. The smallest absolute Gasteiger partial charge is 0.321 e. The van der Waals surface area contributed by atoms with Crippen molar-refractivity contribution in [2.75, 3.05) is 36.0 Å². The van der Waals surface area contributed by atoms with E-state index >= 15 is 0 Å². The van der Waals surface area contributed by atoms with Gasteiger partial charge in [-0.1, -0.05) is 18.2 Å². The lowest BCUT2D eigenvalue weighted by atomic mass is 9.98. The lowest BCUT2D eigenvalue weighted by Gasteiger charge is -2.33. The van der Waals surface area contributed by atoms with Gasteiger partial charge in [-0.3, -0.25) is 0 Å². The third-order valence-corrected chi connectivity index (χ3v) is 6.68. The molecule has 0 spiro atoms. The monoisotopic (exact) mass is 535 g/mol. The molecule has 2 aromatic heterocycles. The van der Waals surface area contributed by atoms with Crippen LogP contribution in [0.3, 0.4) is 0 Å². The summed E-state index contributed by atoms with van der Waals surface area (Å²) in [7, 11) is 0. The standard InChI is InChI=1S/C25H26BrN7O2/c26-20-14-29-33-23(12-21(31-24(20)33)19-8-1-2-9-22(19)34)28-13-16-5-4-10-32(15-16)25(35)30-18-7-3-6-17(27)11-18/h1-3,6-9,11-12,14,16,28,34H,4-5,10,13,15,27H2,(H,30,35). The number of phenolic OH excluding ortho intramolecular Hbond substituents is 1. The number of anilines is 3. The number of hydrogen-bond acceptors (Lipinski definition) is 6. The Hall–Kier alpha value is -3.79. The number of nitrogens with zero attached hydrogens (tertiary/aromatic N) is 4. The van der Waals surface area contributed by atoms with Gasteiger partial charge in [0.2, 0.25) is 0 Å². The van der Waals surface area contributed by atoms with Crippen molar-refractivity contribution in [3.63, 3.8) is 0 Å². The molecular weight excluding hydrogens is 510 g/mol. The number of nitrogen functional groups attached to an aromatic ring is 1. The number of likely N-dealkylation sites (tertiary alicyclic amines) is 1. The molecule has 0 aliphatic carbocycles. The minimum atomic E-state index is -0.121. The highest BCUT2D eigenvalue weighted by molar-refractivity contribution is 9.10. The lowest BCUT2D eigenvalue weighted by Crippen LogP contribution is -2.44. The molecule has 35 heavy (non-hydrogen) atoms. The van der Waals surface area contributed by atoms with Crippen molar-refractivity contribution in [1.82, 2.24) is 19.5 Å². The average Bonchev–Trinajstić information content (AvgIpc) is 3.24. The highest BCUT2D eigenvalue weighted by atomic mass is 79.9. The molecule has 0 bridgehead atoms. The Kier molecular flexibility index (Phi) is 6.45. The van der Waals surface area contributed by atoms with E-state index in [9.17, 15) is 9.90 Å². The number of aromatic hydroxyl groups is 1. The van der Waals surface area contributed by atoms with E-state index < -0.39 is 0 Å². The van der Waals surface area contributed by atoms with Crippen LogP contribution < -0.4 is 16.4 Å². The first-order chi connectivity index (χ1) is 17.0. The Morgan fingerprint density at radius 2 is 2.06 bits per heavy atom. The summed E-state index contributed by atoms with van der Waals surface area (Å²) < 4.78 is 2.50. The predicted molar refractivity (Wildman–Crippen MR) is 140 cm³/mol. The van der Waals surface area contributed by atoms with E-state index in [-0.39, 0.29) is 17.7 Å². The van der Waals surface area contributed by atoms with Crippen molar-refractivity contribution in [2.24, 2.45) is 5.92 Å². The molecule has 1 unspecified atom stereocenters. The molecule has 0 saturated carbocycles. The Morgan fingerprint density at radius 1 is 1.20 bits per heavy atom. The molecule has 0 radical (unpaired) electrons. The summed E-state index contributed by atoms with van der Waals surface area (Å²) in [6.45, 7) is 2.02. The van der Waals surface area contributed by atoms with Gasteiger partial charge >= 0.3 is 6.03 Å². The molecule has 1 aliphatic rings. The summed E-state index contributed by atoms with van der Waals surface area (Å²) in [5.74, 6) is 1.20. The summed E-state index contributed by atoms with van der Waals surface area (Å²) in [5, 5.41) is 21.2. The molecule has 3 heterocycles. The molecule has 2 aromatic carbocycles. The Bertz CT molecular complexity index is 1370. The van der Waals surface area contributed by atoms with E-state index in [1.807, 2.05) is 35.2 Å². The van der Waals surface area contributed by atoms with Gasteiger partial charge in [0.1, 0.15) is 11.6 Å². The number of nitrogens with two attached hydrogens (primary N) is 1. The number of rotatable bonds is 5. The van der Waals surface area contributed by atoms with Crippen molar-refractivity contribution < 1.29 is 9.90 Å². The molecule has 1 aliphatic heterocycles. The van der Waals surface area contributed by atoms with E-state index in [0.29, 0.717) is 47.9 Å². The van der Waals surface area contributed by atoms with Crippen LogP contribution in [0.5, 0.6) is 5.75 Å². The molecule has 2 amide bonds. The number of amides is 2. The van der Waals surface area contributed by atoms with Gasteiger partial charge in [0.15, 0.2) is 5.65 Å². The first kappa shape index (κ1) is 23.0. The number of fused-ring (bicyclic) bond motifs is 1. The van der Waals surface area contributed by atoms with Crippen LogP contribution in [0.4, 0.5) is 22.0 Å². The van der Waals surface area contributed by atoms with E-state index in [0.717, 1.165) is 23.1 Å². The summed E-state index contributed by atoms with van der Waals surface area (Å²) in [6, 6.07) is 16.1. The number of carbonyl (C=O) groups is 1. The fourth-order valence-electron chi connectivity index (χ4n) is 4.37. The zero-order valence-corrected chi connectivity index (χ0v) is 20.6. The van der Waals surface area contributed by atoms with Gasteiger partial charge in [-0.15, -0.1) is 0 Å². The van der Waals surface area contributed by atoms with Gasteiger partial charge in [0, 0.05) is 42.6 Å². The maximum Gasteiger partial charge on any atom is 0.321 e. The van der Waals surface area contributed by atoms with E-state index in [2.05, 4.69) is 36.6 Å². The lowest BCUT2D eigenvalue weighted by molar-refractivity contribution is 0.180. The molecule has 9 nitrogen and oxygen atoms in total. The molecule has 5 rings (SSSR count). The average molecular weight is 536 g/mol. The van der Waals surface area contributed by atoms with Crippen molar-refractivity contribution >= 4 is 44.8 Å². The first-order valence-corrected chi connectivity index (χ1v) is 12.3. The highest BCUT2D eigenvalue weighted by Crippen LogP contribution is 2.31. The Labute approximate surface area is 211 Å². The normalized spacial score (nSPS) is 15.8. The molecule has 1 atom stereocenters. The fourth-order valence-corrected chi connectivity index (χ4v) is 4.72. The van der Waals surface area contributed by atoms with Gasteiger partial charge < -0.3 is 26.4 Å². The second kappa shape index (κ2) is 9.83. The second-order valence-electron chi connectivity index (χ2n) is 8.66.